The third kappa shape index (κ3) is 2.08. The quantitative estimate of drug-likeness (QED) is 0.710. The summed E-state index contributed by atoms with van der Waals surface area (Å²) >= 11 is 0. The molecule has 0 aliphatic carbocycles. The lowest BCUT2D eigenvalue weighted by Gasteiger charge is -2.57. The van der Waals surface area contributed by atoms with Gasteiger partial charge in [-0.1, -0.05) is 0 Å². The Morgan fingerprint density at radius 3 is 1.27 bits per heavy atom. The number of halogens is 7. The molecule has 0 aromatic heterocycles. The van der Waals surface area contributed by atoms with E-state index in [1.165, 1.54) is 0 Å². The van der Waals surface area contributed by atoms with Gasteiger partial charge in [-0.05, 0) is 6.26 Å². The Morgan fingerprint density at radius 2 is 1.20 bits per heavy atom. The molecule has 0 aromatic carbocycles. The normalized spacial score (nSPS) is 18.4. The first-order valence-corrected chi connectivity index (χ1v) is 5.16. The van der Waals surface area contributed by atoms with Crippen molar-refractivity contribution in [3.63, 3.8) is 0 Å². The molecule has 0 saturated heterocycles. The van der Waals surface area contributed by atoms with Crippen LogP contribution in [0.15, 0.2) is 0 Å². The van der Waals surface area contributed by atoms with E-state index in [0.717, 1.165) is 0 Å². The first-order chi connectivity index (χ1) is 6.01. The predicted octanol–water partition coefficient (Wildman–Crippen LogP) is 1.49. The van der Waals surface area contributed by atoms with E-state index in [0.29, 0.717) is 0 Å². The molecular formula is C4H3F7O3S-2. The van der Waals surface area contributed by atoms with Crippen LogP contribution in [0.25, 0.3) is 0 Å². The molecule has 0 aliphatic rings. The zero-order chi connectivity index (χ0) is 12.9. The molecule has 0 heterocycles. The lowest BCUT2D eigenvalue weighted by molar-refractivity contribution is -0.335. The first-order valence-electron chi connectivity index (χ1n) is 2.94. The minimum absolute atomic E-state index is 0.920. The second kappa shape index (κ2) is 2.83. The highest BCUT2D eigenvalue weighted by Gasteiger charge is 2.75. The summed E-state index contributed by atoms with van der Waals surface area (Å²) in [4.78, 5) is 0. The van der Waals surface area contributed by atoms with Gasteiger partial charge >= 0.3 is 17.4 Å². The summed E-state index contributed by atoms with van der Waals surface area (Å²) < 4.78 is 113. The SMILES string of the molecule is CS(=O)([O-])([O-])C(F)(F)C(F)(F)C(F)(F)F. The maximum Gasteiger partial charge on any atom is 0.460 e. The Bertz CT molecular complexity index is 315. The lowest BCUT2D eigenvalue weighted by atomic mass is 10.3. The van der Waals surface area contributed by atoms with Gasteiger partial charge in [0, 0.05) is 0 Å². The Kier molecular flexibility index (Phi) is 2.75. The molecule has 0 fully saturated rings. The molecular weight excluding hydrogens is 261 g/mol. The second-order valence-electron chi connectivity index (χ2n) is 2.75. The average Bonchev–Trinajstić information content (AvgIpc) is 1.79. The van der Waals surface area contributed by atoms with Crippen molar-refractivity contribution in [1.29, 1.82) is 0 Å². The fourth-order valence-electron chi connectivity index (χ4n) is 0.450. The molecule has 0 unspecified atom stereocenters. The first kappa shape index (κ1) is 14.6. The van der Waals surface area contributed by atoms with Gasteiger partial charge in [0.15, 0.2) is 0 Å². The molecule has 0 spiro atoms. The Labute approximate surface area is 78.3 Å². The predicted molar refractivity (Wildman–Crippen MR) is 31.6 cm³/mol. The van der Waals surface area contributed by atoms with Crippen molar-refractivity contribution >= 4 is 9.63 Å². The number of hydrogen-bond acceptors (Lipinski definition) is 3. The minimum Gasteiger partial charge on any atom is -0.794 e. The fourth-order valence-corrected chi connectivity index (χ4v) is 1.14. The minimum atomic E-state index is -7.90. The van der Waals surface area contributed by atoms with Crippen molar-refractivity contribution in [3.05, 3.63) is 0 Å². The van der Waals surface area contributed by atoms with Crippen LogP contribution in [0.4, 0.5) is 30.7 Å². The molecule has 0 atom stereocenters. The molecule has 0 bridgehead atoms. The van der Waals surface area contributed by atoms with E-state index >= 15 is 0 Å². The number of hydrogen-bond donors (Lipinski definition) is 0. The third-order valence-electron chi connectivity index (χ3n) is 1.29. The summed E-state index contributed by atoms with van der Waals surface area (Å²) in [6, 6.07) is 0. The Hall–Kier alpha value is -0.420. The Balaban J connectivity index is 5.73. The molecule has 94 valence electrons. The maximum absolute atomic E-state index is 12.2. The maximum atomic E-state index is 12.2. The van der Waals surface area contributed by atoms with E-state index in [2.05, 4.69) is 0 Å². The van der Waals surface area contributed by atoms with Crippen molar-refractivity contribution in [2.24, 2.45) is 0 Å². The van der Waals surface area contributed by atoms with Gasteiger partial charge in [-0.2, -0.15) is 40.4 Å². The summed E-state index contributed by atoms with van der Waals surface area (Å²) in [5.74, 6) is -6.94. The molecule has 0 rings (SSSR count). The molecule has 0 N–H and O–H groups in total. The molecule has 0 amide bonds. The highest BCUT2D eigenvalue weighted by Crippen LogP contribution is 2.53. The van der Waals surface area contributed by atoms with E-state index in [-0.39, 0.29) is 0 Å². The van der Waals surface area contributed by atoms with Gasteiger partial charge < -0.3 is 13.3 Å². The van der Waals surface area contributed by atoms with Crippen molar-refractivity contribution in [2.75, 3.05) is 6.26 Å². The van der Waals surface area contributed by atoms with Crippen LogP contribution < -0.4 is 0 Å². The number of rotatable bonds is 2. The van der Waals surface area contributed by atoms with E-state index < -0.39 is 33.2 Å². The van der Waals surface area contributed by atoms with Gasteiger partial charge in [0.2, 0.25) is 0 Å². The van der Waals surface area contributed by atoms with Crippen molar-refractivity contribution in [2.45, 2.75) is 17.4 Å². The van der Waals surface area contributed by atoms with E-state index in [1.807, 2.05) is 0 Å². The van der Waals surface area contributed by atoms with Crippen LogP contribution in [0.3, 0.4) is 0 Å². The standard InChI is InChI=1S/C4H5F7O3S/c1-15(12,13,14)4(10,11)2(5,6)3(7,8)9/h1H3,(H2,12,13,14)/p-2. The number of alkyl halides is 7. The summed E-state index contributed by atoms with van der Waals surface area (Å²) in [6.45, 7) is 0. The molecule has 0 saturated carbocycles. The molecule has 15 heavy (non-hydrogen) atoms. The van der Waals surface area contributed by atoms with E-state index in [1.54, 1.807) is 0 Å². The van der Waals surface area contributed by atoms with Gasteiger partial charge in [-0.25, -0.2) is 0 Å². The summed E-state index contributed by atoms with van der Waals surface area (Å²) in [5, 5.41) is -6.76. The molecule has 3 nitrogen and oxygen atoms in total. The van der Waals surface area contributed by atoms with Crippen LogP contribution in [0.1, 0.15) is 0 Å². The summed E-state index contributed by atoms with van der Waals surface area (Å²) in [6.07, 6.45) is -7.76. The van der Waals surface area contributed by atoms with Crippen LogP contribution in [-0.2, 0) is 9.63 Å². The van der Waals surface area contributed by atoms with Crippen LogP contribution in [0.5, 0.6) is 0 Å². The van der Waals surface area contributed by atoms with Crippen LogP contribution in [0.2, 0.25) is 0 Å². The smallest absolute Gasteiger partial charge is 0.460 e. The average molecular weight is 264 g/mol. The van der Waals surface area contributed by atoms with Crippen LogP contribution in [0, 0.1) is 0 Å². The monoisotopic (exact) mass is 264 g/mol. The third-order valence-corrected chi connectivity index (χ3v) is 2.69. The topological polar surface area (TPSA) is 63.2 Å². The van der Waals surface area contributed by atoms with E-state index in [4.69, 9.17) is 0 Å². The van der Waals surface area contributed by atoms with Crippen molar-refractivity contribution in [1.82, 2.24) is 0 Å². The van der Waals surface area contributed by atoms with Crippen LogP contribution >= 0.6 is 0 Å². The van der Waals surface area contributed by atoms with Crippen molar-refractivity contribution < 1.29 is 44.0 Å². The van der Waals surface area contributed by atoms with Gasteiger partial charge in [0.25, 0.3) is 0 Å². The lowest BCUT2D eigenvalue weighted by Crippen LogP contribution is -2.64. The van der Waals surface area contributed by atoms with Crippen LogP contribution in [-0.4, -0.2) is 36.9 Å². The second-order valence-corrected chi connectivity index (χ2v) is 5.58. The molecule has 11 heteroatoms. The zero-order valence-electron chi connectivity index (χ0n) is 6.78. The largest absolute Gasteiger partial charge is 0.794 e. The Morgan fingerprint density at radius 1 is 0.933 bits per heavy atom. The van der Waals surface area contributed by atoms with Gasteiger partial charge in [0.1, 0.15) is 0 Å². The zero-order valence-corrected chi connectivity index (χ0v) is 7.60. The molecule has 0 aliphatic heterocycles. The highest BCUT2D eigenvalue weighted by atomic mass is 32.3. The highest BCUT2D eigenvalue weighted by molar-refractivity contribution is 8.10. The van der Waals surface area contributed by atoms with Crippen molar-refractivity contribution in [3.8, 4) is 0 Å². The van der Waals surface area contributed by atoms with E-state index in [9.17, 15) is 44.0 Å². The fraction of sp³-hybridized carbons (Fsp3) is 1.00. The summed E-state index contributed by atoms with van der Waals surface area (Å²) in [7, 11) is -7.90. The summed E-state index contributed by atoms with van der Waals surface area (Å²) in [5.41, 5.74) is 0. The van der Waals surface area contributed by atoms with Gasteiger partial charge in [0.05, 0.1) is 0 Å². The van der Waals surface area contributed by atoms with Gasteiger partial charge in [-0.3, -0.25) is 0 Å². The molecule has 0 aromatic rings. The van der Waals surface area contributed by atoms with Gasteiger partial charge in [-0.15, -0.1) is 0 Å². The molecule has 0 radical (unpaired) electrons. The number of sulfone groups is 3.